The van der Waals surface area contributed by atoms with Crippen LogP contribution in [-0.4, -0.2) is 33.4 Å². The molecule has 0 spiro atoms. The van der Waals surface area contributed by atoms with E-state index in [1.165, 1.54) is 10.9 Å². The highest BCUT2D eigenvalue weighted by Gasteiger charge is 2.23. The number of pyridine rings is 1. The third kappa shape index (κ3) is 4.55. The Bertz CT molecular complexity index is 1350. The minimum atomic E-state index is -0.580. The molecule has 0 saturated carbocycles. The topological polar surface area (TPSA) is 98.1 Å². The molecule has 0 aliphatic rings. The zero-order chi connectivity index (χ0) is 23.5. The van der Waals surface area contributed by atoms with Gasteiger partial charge in [0.1, 0.15) is 5.56 Å². The molecule has 0 fully saturated rings. The van der Waals surface area contributed by atoms with Crippen LogP contribution in [-0.2, 0) is 4.74 Å². The largest absolute Gasteiger partial charge is 0.462 e. The Kier molecular flexibility index (Phi) is 6.08. The molecule has 2 aromatic heterocycles. The number of para-hydroxylation sites is 1. The van der Waals surface area contributed by atoms with Gasteiger partial charge in [-0.1, -0.05) is 29.8 Å². The van der Waals surface area contributed by atoms with Crippen LogP contribution in [0, 0.1) is 20.8 Å². The first kappa shape index (κ1) is 22.0. The van der Waals surface area contributed by atoms with Gasteiger partial charge in [0.2, 0.25) is 0 Å². The summed E-state index contributed by atoms with van der Waals surface area (Å²) in [7, 11) is 0. The molecule has 0 saturated heterocycles. The fourth-order valence-electron chi connectivity index (χ4n) is 3.73. The van der Waals surface area contributed by atoms with Crippen molar-refractivity contribution in [2.24, 2.45) is 0 Å². The number of esters is 1. The first-order valence-electron chi connectivity index (χ1n) is 10.6. The van der Waals surface area contributed by atoms with Crippen LogP contribution < -0.4 is 10.6 Å². The Hall–Kier alpha value is -4.20. The quantitative estimate of drug-likeness (QED) is 0.415. The molecule has 4 rings (SSSR count). The van der Waals surface area contributed by atoms with E-state index < -0.39 is 12.0 Å². The number of hydrogen-bond donors (Lipinski definition) is 2. The maximum absolute atomic E-state index is 12.7. The van der Waals surface area contributed by atoms with Gasteiger partial charge in [0.05, 0.1) is 18.3 Å². The number of benzene rings is 2. The predicted molar refractivity (Wildman–Crippen MR) is 128 cm³/mol. The van der Waals surface area contributed by atoms with Crippen LogP contribution in [0.15, 0.2) is 54.7 Å². The maximum atomic E-state index is 12.7. The van der Waals surface area contributed by atoms with Crippen molar-refractivity contribution in [3.63, 3.8) is 0 Å². The second kappa shape index (κ2) is 9.12. The summed E-state index contributed by atoms with van der Waals surface area (Å²) in [5, 5.41) is 10.9. The molecule has 0 radical (unpaired) electrons. The smallest absolute Gasteiger partial charge is 0.343 e. The second-order valence-electron chi connectivity index (χ2n) is 7.76. The number of hydrogen-bond acceptors (Lipinski definition) is 5. The fourth-order valence-corrected chi connectivity index (χ4v) is 3.73. The van der Waals surface area contributed by atoms with E-state index in [0.717, 1.165) is 27.6 Å². The standard InChI is InChI=1S/C25H25N5O3/c1-5-33-24(31)20-14-26-30(23(20)29-25(32)27-18-9-7-6-8-10-18)21-13-16(3)19-12-15(2)11-17(4)22(19)28-21/h6-14H,5H2,1-4H3,(H2,27,29,32). The molecule has 4 aromatic rings. The van der Waals surface area contributed by atoms with Crippen molar-refractivity contribution in [1.82, 2.24) is 14.8 Å². The highest BCUT2D eigenvalue weighted by molar-refractivity contribution is 6.04. The van der Waals surface area contributed by atoms with Crippen molar-refractivity contribution in [3.8, 4) is 5.82 Å². The van der Waals surface area contributed by atoms with Crippen LogP contribution in [0.5, 0.6) is 0 Å². The molecular formula is C25H25N5O3. The number of aromatic nitrogens is 3. The predicted octanol–water partition coefficient (Wildman–Crippen LogP) is 5.17. The summed E-state index contributed by atoms with van der Waals surface area (Å²) in [5.41, 5.74) is 4.79. The minimum absolute atomic E-state index is 0.139. The van der Waals surface area contributed by atoms with E-state index in [1.54, 1.807) is 19.1 Å². The molecule has 168 valence electrons. The Balaban J connectivity index is 1.78. The zero-order valence-corrected chi connectivity index (χ0v) is 19.0. The summed E-state index contributed by atoms with van der Waals surface area (Å²) in [6.45, 7) is 7.97. The highest BCUT2D eigenvalue weighted by atomic mass is 16.5. The molecule has 8 nitrogen and oxygen atoms in total. The first-order chi connectivity index (χ1) is 15.9. The summed E-state index contributed by atoms with van der Waals surface area (Å²) < 4.78 is 6.61. The number of anilines is 2. The van der Waals surface area contributed by atoms with Gasteiger partial charge in [-0.05, 0) is 63.1 Å². The van der Waals surface area contributed by atoms with E-state index in [4.69, 9.17) is 9.72 Å². The lowest BCUT2D eigenvalue weighted by molar-refractivity contribution is 0.0527. The van der Waals surface area contributed by atoms with Crippen molar-refractivity contribution in [1.29, 1.82) is 0 Å². The summed E-state index contributed by atoms with van der Waals surface area (Å²) in [5.74, 6) is 0.0819. The van der Waals surface area contributed by atoms with Crippen LogP contribution in [0.3, 0.4) is 0 Å². The number of nitrogens with one attached hydrogen (secondary N) is 2. The van der Waals surface area contributed by atoms with Gasteiger partial charge in [-0.15, -0.1) is 0 Å². The van der Waals surface area contributed by atoms with E-state index in [-0.39, 0.29) is 18.0 Å². The number of ether oxygens (including phenoxy) is 1. The molecule has 0 atom stereocenters. The van der Waals surface area contributed by atoms with Crippen molar-refractivity contribution in [3.05, 3.63) is 77.0 Å². The number of amides is 2. The average Bonchev–Trinajstić information content (AvgIpc) is 3.18. The lowest BCUT2D eigenvalue weighted by Crippen LogP contribution is -2.23. The summed E-state index contributed by atoms with van der Waals surface area (Å²) in [4.78, 5) is 30.1. The summed E-state index contributed by atoms with van der Waals surface area (Å²) >= 11 is 0. The minimum Gasteiger partial charge on any atom is -0.462 e. The van der Waals surface area contributed by atoms with Crippen LogP contribution in [0.2, 0.25) is 0 Å². The van der Waals surface area contributed by atoms with E-state index >= 15 is 0 Å². The molecule has 0 bridgehead atoms. The van der Waals surface area contributed by atoms with Gasteiger partial charge in [-0.25, -0.2) is 14.6 Å². The fraction of sp³-hybridized carbons (Fsp3) is 0.200. The lowest BCUT2D eigenvalue weighted by Gasteiger charge is -2.14. The Morgan fingerprint density at radius 3 is 2.48 bits per heavy atom. The van der Waals surface area contributed by atoms with Gasteiger partial charge in [0.15, 0.2) is 11.6 Å². The number of aryl methyl sites for hydroxylation is 3. The molecule has 2 N–H and O–H groups in total. The van der Waals surface area contributed by atoms with Gasteiger partial charge < -0.3 is 10.1 Å². The highest BCUT2D eigenvalue weighted by Crippen LogP contribution is 2.27. The summed E-state index contributed by atoms with van der Waals surface area (Å²) in [6, 6.07) is 14.5. The number of rotatable bonds is 5. The molecule has 2 aromatic carbocycles. The number of carbonyl (C=O) groups is 2. The molecule has 0 aliphatic carbocycles. The molecule has 33 heavy (non-hydrogen) atoms. The molecular weight excluding hydrogens is 418 g/mol. The third-order valence-electron chi connectivity index (χ3n) is 5.19. The molecule has 8 heteroatoms. The maximum Gasteiger partial charge on any atom is 0.343 e. The van der Waals surface area contributed by atoms with Crippen LogP contribution in [0.25, 0.3) is 16.7 Å². The normalized spacial score (nSPS) is 10.8. The third-order valence-corrected chi connectivity index (χ3v) is 5.19. The van der Waals surface area contributed by atoms with Crippen molar-refractivity contribution in [2.75, 3.05) is 17.2 Å². The Morgan fingerprint density at radius 2 is 1.76 bits per heavy atom. The number of fused-ring (bicyclic) bond motifs is 1. The Morgan fingerprint density at radius 1 is 1.00 bits per heavy atom. The Labute approximate surface area is 191 Å². The first-order valence-corrected chi connectivity index (χ1v) is 10.6. The van der Waals surface area contributed by atoms with E-state index in [2.05, 4.69) is 27.9 Å². The van der Waals surface area contributed by atoms with Gasteiger partial charge in [0.25, 0.3) is 0 Å². The van der Waals surface area contributed by atoms with Gasteiger partial charge in [-0.2, -0.15) is 9.78 Å². The monoisotopic (exact) mass is 443 g/mol. The van der Waals surface area contributed by atoms with Crippen molar-refractivity contribution < 1.29 is 14.3 Å². The SMILES string of the molecule is CCOC(=O)c1cnn(-c2cc(C)c3cc(C)cc(C)c3n2)c1NC(=O)Nc1ccccc1. The molecule has 0 unspecified atom stereocenters. The molecule has 0 aliphatic heterocycles. The average molecular weight is 444 g/mol. The molecule has 2 amide bonds. The van der Waals surface area contributed by atoms with Crippen LogP contribution in [0.4, 0.5) is 16.3 Å². The van der Waals surface area contributed by atoms with Gasteiger partial charge in [-0.3, -0.25) is 5.32 Å². The van der Waals surface area contributed by atoms with E-state index in [0.29, 0.717) is 11.5 Å². The molecule has 2 heterocycles. The number of urea groups is 1. The van der Waals surface area contributed by atoms with E-state index in [9.17, 15) is 9.59 Å². The van der Waals surface area contributed by atoms with Crippen LogP contribution >= 0.6 is 0 Å². The van der Waals surface area contributed by atoms with Crippen molar-refractivity contribution >= 4 is 34.4 Å². The van der Waals surface area contributed by atoms with Crippen LogP contribution in [0.1, 0.15) is 34.0 Å². The zero-order valence-electron chi connectivity index (χ0n) is 19.0. The lowest BCUT2D eigenvalue weighted by atomic mass is 10.0. The van der Waals surface area contributed by atoms with Crippen molar-refractivity contribution in [2.45, 2.75) is 27.7 Å². The number of nitrogens with zero attached hydrogens (tertiary/aromatic N) is 3. The van der Waals surface area contributed by atoms with E-state index in [1.807, 2.05) is 45.0 Å². The summed E-state index contributed by atoms with van der Waals surface area (Å²) in [6.07, 6.45) is 1.37. The second-order valence-corrected chi connectivity index (χ2v) is 7.76. The number of carbonyl (C=O) groups excluding carboxylic acids is 2. The van der Waals surface area contributed by atoms with Gasteiger partial charge in [0, 0.05) is 11.1 Å². The van der Waals surface area contributed by atoms with Gasteiger partial charge >= 0.3 is 12.0 Å².